The van der Waals surface area contributed by atoms with Crippen LogP contribution < -0.4 is 4.90 Å². The third kappa shape index (κ3) is 4.16. The molecule has 0 saturated carbocycles. The van der Waals surface area contributed by atoms with E-state index >= 15 is 0 Å². The average molecular weight is 439 g/mol. The van der Waals surface area contributed by atoms with Crippen LogP contribution in [0, 0.1) is 0 Å². The molecular formula is C24H20Cl2N2O2. The van der Waals surface area contributed by atoms with E-state index in [1.807, 2.05) is 60.6 Å². The monoisotopic (exact) mass is 438 g/mol. The number of rotatable bonds is 6. The van der Waals surface area contributed by atoms with Gasteiger partial charge in [0, 0.05) is 41.4 Å². The number of para-hydroxylation sites is 1. The van der Waals surface area contributed by atoms with Gasteiger partial charge in [0.2, 0.25) is 0 Å². The summed E-state index contributed by atoms with van der Waals surface area (Å²) < 4.78 is 2.10. The first-order valence-electron chi connectivity index (χ1n) is 9.48. The van der Waals surface area contributed by atoms with Crippen molar-refractivity contribution in [3.8, 4) is 0 Å². The van der Waals surface area contributed by atoms with Gasteiger partial charge in [0.1, 0.15) is 0 Å². The highest BCUT2D eigenvalue weighted by Gasteiger charge is 2.13. The van der Waals surface area contributed by atoms with Gasteiger partial charge in [-0.15, -0.1) is 0 Å². The highest BCUT2D eigenvalue weighted by molar-refractivity contribution is 6.35. The standard InChI is InChI=1S/C24H20Cl2N2O2/c1-27(23-13-18(25)9-10-21(23)26)19-6-4-5-16(11-19)14-28-15-17(12-24(29)30)20-7-2-3-8-22(20)28/h2-11,13,15H,12,14H2,1H3,(H,29,30). The molecule has 0 radical (unpaired) electrons. The number of aliphatic carboxylic acids is 1. The highest BCUT2D eigenvalue weighted by Crippen LogP contribution is 2.33. The van der Waals surface area contributed by atoms with Crippen LogP contribution in [0.3, 0.4) is 0 Å². The van der Waals surface area contributed by atoms with Crippen LogP contribution in [0.25, 0.3) is 10.9 Å². The number of benzene rings is 3. The number of aromatic nitrogens is 1. The van der Waals surface area contributed by atoms with E-state index in [1.165, 1.54) is 0 Å². The van der Waals surface area contributed by atoms with Crippen molar-refractivity contribution in [1.29, 1.82) is 0 Å². The molecule has 4 nitrogen and oxygen atoms in total. The van der Waals surface area contributed by atoms with Crippen molar-refractivity contribution < 1.29 is 9.90 Å². The SMILES string of the molecule is CN(c1cccc(Cn2cc(CC(=O)O)c3ccccc32)c1)c1cc(Cl)ccc1Cl. The second-order valence-corrected chi connectivity index (χ2v) is 8.04. The van der Waals surface area contributed by atoms with E-state index in [4.69, 9.17) is 23.2 Å². The Kier molecular flexibility index (Phi) is 5.71. The number of carbonyl (C=O) groups is 1. The van der Waals surface area contributed by atoms with Crippen LogP contribution in [-0.4, -0.2) is 22.7 Å². The van der Waals surface area contributed by atoms with E-state index in [-0.39, 0.29) is 6.42 Å². The number of nitrogens with zero attached hydrogens (tertiary/aromatic N) is 2. The molecule has 0 unspecified atom stereocenters. The summed E-state index contributed by atoms with van der Waals surface area (Å²) in [5.41, 5.74) is 4.75. The molecule has 3 aromatic carbocycles. The van der Waals surface area contributed by atoms with E-state index in [0.717, 1.165) is 33.4 Å². The van der Waals surface area contributed by atoms with Crippen molar-refractivity contribution in [2.24, 2.45) is 0 Å². The Morgan fingerprint density at radius 1 is 1.03 bits per heavy atom. The van der Waals surface area contributed by atoms with Crippen molar-refractivity contribution in [2.75, 3.05) is 11.9 Å². The summed E-state index contributed by atoms with van der Waals surface area (Å²) in [5, 5.41) is 11.5. The lowest BCUT2D eigenvalue weighted by molar-refractivity contribution is -0.136. The smallest absolute Gasteiger partial charge is 0.307 e. The molecule has 152 valence electrons. The quantitative estimate of drug-likeness (QED) is 0.379. The van der Waals surface area contributed by atoms with Crippen LogP contribution in [0.5, 0.6) is 0 Å². The van der Waals surface area contributed by atoms with E-state index in [9.17, 15) is 9.90 Å². The van der Waals surface area contributed by atoms with Gasteiger partial charge in [0.25, 0.3) is 0 Å². The molecule has 0 aliphatic heterocycles. The number of fused-ring (bicyclic) bond motifs is 1. The highest BCUT2D eigenvalue weighted by atomic mass is 35.5. The molecule has 0 aliphatic carbocycles. The summed E-state index contributed by atoms with van der Waals surface area (Å²) in [6, 6.07) is 21.5. The van der Waals surface area contributed by atoms with Crippen molar-refractivity contribution in [2.45, 2.75) is 13.0 Å². The summed E-state index contributed by atoms with van der Waals surface area (Å²) in [7, 11) is 1.95. The normalized spacial score (nSPS) is 11.0. The maximum atomic E-state index is 11.3. The minimum atomic E-state index is -0.833. The number of carboxylic acids is 1. The number of anilines is 2. The minimum absolute atomic E-state index is 0.00353. The molecule has 1 heterocycles. The Hall–Kier alpha value is -2.95. The molecular weight excluding hydrogens is 419 g/mol. The first kappa shape index (κ1) is 20.3. The zero-order valence-electron chi connectivity index (χ0n) is 16.3. The summed E-state index contributed by atoms with van der Waals surface area (Å²) >= 11 is 12.5. The number of hydrogen-bond acceptors (Lipinski definition) is 2. The maximum Gasteiger partial charge on any atom is 0.307 e. The van der Waals surface area contributed by atoms with Crippen molar-refractivity contribution in [3.63, 3.8) is 0 Å². The number of halogens is 2. The lowest BCUT2D eigenvalue weighted by atomic mass is 10.1. The largest absolute Gasteiger partial charge is 0.481 e. The Balaban J connectivity index is 1.67. The van der Waals surface area contributed by atoms with Gasteiger partial charge >= 0.3 is 5.97 Å². The maximum absolute atomic E-state index is 11.3. The Bertz CT molecular complexity index is 1230. The molecule has 0 fully saturated rings. The fraction of sp³-hybridized carbons (Fsp3) is 0.125. The van der Waals surface area contributed by atoms with Gasteiger partial charge < -0.3 is 14.6 Å². The van der Waals surface area contributed by atoms with Gasteiger partial charge in [-0.25, -0.2) is 0 Å². The predicted octanol–water partition coefficient (Wildman–Crippen LogP) is 6.39. The van der Waals surface area contributed by atoms with Crippen molar-refractivity contribution in [1.82, 2.24) is 4.57 Å². The molecule has 4 aromatic rings. The van der Waals surface area contributed by atoms with E-state index < -0.39 is 5.97 Å². The summed E-state index contributed by atoms with van der Waals surface area (Å²) in [5.74, 6) is -0.833. The van der Waals surface area contributed by atoms with E-state index in [0.29, 0.717) is 16.6 Å². The van der Waals surface area contributed by atoms with Gasteiger partial charge in [-0.2, -0.15) is 0 Å². The minimum Gasteiger partial charge on any atom is -0.481 e. The zero-order valence-corrected chi connectivity index (χ0v) is 17.9. The van der Waals surface area contributed by atoms with Crippen LogP contribution >= 0.6 is 23.2 Å². The third-order valence-corrected chi connectivity index (χ3v) is 5.69. The lowest BCUT2D eigenvalue weighted by Crippen LogP contribution is -2.10. The van der Waals surface area contributed by atoms with Crippen LogP contribution in [-0.2, 0) is 17.8 Å². The molecule has 6 heteroatoms. The second-order valence-electron chi connectivity index (χ2n) is 7.19. The van der Waals surface area contributed by atoms with Crippen LogP contribution in [0.15, 0.2) is 72.9 Å². The molecule has 0 spiro atoms. The first-order chi connectivity index (χ1) is 14.4. The first-order valence-corrected chi connectivity index (χ1v) is 10.2. The molecule has 1 N–H and O–H groups in total. The molecule has 1 aromatic heterocycles. The fourth-order valence-corrected chi connectivity index (χ4v) is 4.11. The fourth-order valence-electron chi connectivity index (χ4n) is 3.70. The summed E-state index contributed by atoms with van der Waals surface area (Å²) in [6.45, 7) is 0.630. The molecule has 0 amide bonds. The predicted molar refractivity (Wildman–Crippen MR) is 123 cm³/mol. The molecule has 0 atom stereocenters. The van der Waals surface area contributed by atoms with E-state index in [1.54, 1.807) is 12.1 Å². The summed E-state index contributed by atoms with van der Waals surface area (Å²) in [6.07, 6.45) is 1.94. The van der Waals surface area contributed by atoms with Gasteiger partial charge in [0.15, 0.2) is 0 Å². The Morgan fingerprint density at radius 3 is 2.63 bits per heavy atom. The zero-order chi connectivity index (χ0) is 21.3. The number of carboxylic acid groups (broad SMARTS) is 1. The van der Waals surface area contributed by atoms with Gasteiger partial charge in [-0.1, -0.05) is 53.5 Å². The number of hydrogen-bond donors (Lipinski definition) is 1. The second kappa shape index (κ2) is 8.42. The molecule has 0 aliphatic rings. The van der Waals surface area contributed by atoms with Gasteiger partial charge in [-0.05, 0) is 47.5 Å². The summed E-state index contributed by atoms with van der Waals surface area (Å²) in [4.78, 5) is 13.3. The van der Waals surface area contributed by atoms with Crippen LogP contribution in [0.2, 0.25) is 10.0 Å². The molecule has 0 bridgehead atoms. The third-order valence-electron chi connectivity index (χ3n) is 5.13. The average Bonchev–Trinajstić information content (AvgIpc) is 3.06. The van der Waals surface area contributed by atoms with Crippen LogP contribution in [0.4, 0.5) is 11.4 Å². The van der Waals surface area contributed by atoms with Gasteiger partial charge in [0.05, 0.1) is 17.1 Å². The molecule has 30 heavy (non-hydrogen) atoms. The topological polar surface area (TPSA) is 45.5 Å². The lowest BCUT2D eigenvalue weighted by Gasteiger charge is -2.22. The molecule has 0 saturated heterocycles. The molecule has 4 rings (SSSR count). The van der Waals surface area contributed by atoms with Crippen molar-refractivity contribution >= 4 is 51.4 Å². The van der Waals surface area contributed by atoms with Gasteiger partial charge in [-0.3, -0.25) is 4.79 Å². The Labute approximate surface area is 184 Å². The Morgan fingerprint density at radius 2 is 1.83 bits per heavy atom. The van der Waals surface area contributed by atoms with Crippen LogP contribution in [0.1, 0.15) is 11.1 Å². The van der Waals surface area contributed by atoms with E-state index in [2.05, 4.69) is 16.7 Å². The van der Waals surface area contributed by atoms with Crippen molar-refractivity contribution in [3.05, 3.63) is 94.1 Å².